The number of methoxy groups -OCH3 is 1. The van der Waals surface area contributed by atoms with Crippen LogP contribution >= 0.6 is 0 Å². The quantitative estimate of drug-likeness (QED) is 0.763. The van der Waals surface area contributed by atoms with Crippen molar-refractivity contribution in [2.45, 2.75) is 26.9 Å². The van der Waals surface area contributed by atoms with E-state index < -0.39 is 0 Å². The largest absolute Gasteiger partial charge is 0.489 e. The predicted octanol–water partition coefficient (Wildman–Crippen LogP) is 1.72. The second-order valence-corrected chi connectivity index (χ2v) is 3.68. The second kappa shape index (κ2) is 7.71. The van der Waals surface area contributed by atoms with Gasteiger partial charge in [0.25, 0.3) is 5.88 Å². The Morgan fingerprint density at radius 2 is 2.11 bits per heavy atom. The van der Waals surface area contributed by atoms with Crippen LogP contribution in [-0.4, -0.2) is 42.9 Å². The monoisotopic (exact) mass is 255 g/mol. The van der Waals surface area contributed by atoms with Gasteiger partial charge in [0.2, 0.25) is 5.75 Å². The van der Waals surface area contributed by atoms with Crippen molar-refractivity contribution < 1.29 is 14.2 Å². The van der Waals surface area contributed by atoms with Crippen molar-refractivity contribution in [1.82, 2.24) is 9.97 Å². The Labute approximate surface area is 108 Å². The van der Waals surface area contributed by atoms with E-state index in [1.165, 1.54) is 6.33 Å². The van der Waals surface area contributed by atoms with Crippen LogP contribution in [0.4, 0.5) is 5.82 Å². The maximum absolute atomic E-state index is 5.68. The van der Waals surface area contributed by atoms with Crippen LogP contribution in [0.15, 0.2) is 6.33 Å². The van der Waals surface area contributed by atoms with E-state index >= 15 is 0 Å². The molecule has 6 nitrogen and oxygen atoms in total. The fraction of sp³-hybridized carbons (Fsp3) is 0.667. The van der Waals surface area contributed by atoms with Gasteiger partial charge in [0.15, 0.2) is 5.82 Å². The molecule has 0 spiro atoms. The van der Waals surface area contributed by atoms with Crippen LogP contribution in [0.25, 0.3) is 0 Å². The summed E-state index contributed by atoms with van der Waals surface area (Å²) in [6.07, 6.45) is 1.35. The van der Waals surface area contributed by atoms with Crippen LogP contribution in [0.1, 0.15) is 20.8 Å². The molecule has 1 unspecified atom stereocenters. The third kappa shape index (κ3) is 4.03. The SMILES string of the molecule is CCNc1ncnc(OC(C)COCC)c1OC. The Hall–Kier alpha value is -1.56. The van der Waals surface area contributed by atoms with Crippen molar-refractivity contribution >= 4 is 5.82 Å². The first kappa shape index (κ1) is 14.5. The van der Waals surface area contributed by atoms with Crippen LogP contribution in [0.3, 0.4) is 0 Å². The lowest BCUT2D eigenvalue weighted by molar-refractivity contribution is 0.0617. The summed E-state index contributed by atoms with van der Waals surface area (Å²) < 4.78 is 16.3. The fourth-order valence-electron chi connectivity index (χ4n) is 1.43. The van der Waals surface area contributed by atoms with Gasteiger partial charge in [0.05, 0.1) is 13.7 Å². The first-order valence-electron chi connectivity index (χ1n) is 6.10. The molecule has 1 N–H and O–H groups in total. The van der Waals surface area contributed by atoms with E-state index in [0.717, 1.165) is 6.54 Å². The topological polar surface area (TPSA) is 65.5 Å². The number of nitrogens with one attached hydrogen (secondary N) is 1. The molecule has 18 heavy (non-hydrogen) atoms. The van der Waals surface area contributed by atoms with E-state index in [2.05, 4.69) is 15.3 Å². The highest BCUT2D eigenvalue weighted by Crippen LogP contribution is 2.31. The summed E-state index contributed by atoms with van der Waals surface area (Å²) in [4.78, 5) is 8.20. The average molecular weight is 255 g/mol. The van der Waals surface area contributed by atoms with E-state index in [1.54, 1.807) is 7.11 Å². The normalized spacial score (nSPS) is 12.0. The third-order valence-electron chi connectivity index (χ3n) is 2.19. The zero-order valence-corrected chi connectivity index (χ0v) is 11.4. The maximum Gasteiger partial charge on any atom is 0.262 e. The van der Waals surface area contributed by atoms with Crippen LogP contribution in [-0.2, 0) is 4.74 Å². The van der Waals surface area contributed by atoms with E-state index in [-0.39, 0.29) is 6.10 Å². The molecule has 1 aromatic rings. The fourth-order valence-corrected chi connectivity index (χ4v) is 1.43. The molecule has 0 aliphatic carbocycles. The smallest absolute Gasteiger partial charge is 0.262 e. The van der Waals surface area contributed by atoms with Gasteiger partial charge >= 0.3 is 0 Å². The van der Waals surface area contributed by atoms with Gasteiger partial charge in [-0.15, -0.1) is 0 Å². The van der Waals surface area contributed by atoms with Gasteiger partial charge in [-0.25, -0.2) is 4.98 Å². The second-order valence-electron chi connectivity index (χ2n) is 3.68. The molecule has 1 aromatic heterocycles. The first-order chi connectivity index (χ1) is 8.72. The summed E-state index contributed by atoms with van der Waals surface area (Å²) >= 11 is 0. The number of hydrogen-bond acceptors (Lipinski definition) is 6. The van der Waals surface area contributed by atoms with Gasteiger partial charge in [-0.05, 0) is 20.8 Å². The molecule has 6 heteroatoms. The van der Waals surface area contributed by atoms with E-state index in [0.29, 0.717) is 30.7 Å². The van der Waals surface area contributed by atoms with Crippen molar-refractivity contribution in [3.63, 3.8) is 0 Å². The summed E-state index contributed by atoms with van der Waals surface area (Å²) in [5.74, 6) is 1.58. The minimum Gasteiger partial charge on any atom is -0.489 e. The molecule has 0 aliphatic rings. The summed E-state index contributed by atoms with van der Waals surface area (Å²) in [5.41, 5.74) is 0. The lowest BCUT2D eigenvalue weighted by Crippen LogP contribution is -2.20. The number of ether oxygens (including phenoxy) is 3. The van der Waals surface area contributed by atoms with Gasteiger partial charge < -0.3 is 19.5 Å². The number of rotatable bonds is 8. The van der Waals surface area contributed by atoms with Gasteiger partial charge in [0, 0.05) is 13.2 Å². The number of nitrogens with zero attached hydrogens (tertiary/aromatic N) is 2. The van der Waals surface area contributed by atoms with Crippen LogP contribution in [0, 0.1) is 0 Å². The molecule has 0 fully saturated rings. The third-order valence-corrected chi connectivity index (χ3v) is 2.19. The Kier molecular flexibility index (Phi) is 6.21. The van der Waals surface area contributed by atoms with Crippen molar-refractivity contribution in [2.24, 2.45) is 0 Å². The molecule has 1 heterocycles. The molecular weight excluding hydrogens is 234 g/mol. The van der Waals surface area contributed by atoms with Gasteiger partial charge in [0.1, 0.15) is 12.4 Å². The molecule has 0 aromatic carbocycles. The Morgan fingerprint density at radius 1 is 1.33 bits per heavy atom. The number of aromatic nitrogens is 2. The van der Waals surface area contributed by atoms with Gasteiger partial charge in [-0.1, -0.05) is 0 Å². The Bertz CT molecular complexity index is 360. The van der Waals surface area contributed by atoms with E-state index in [1.807, 2.05) is 20.8 Å². The summed E-state index contributed by atoms with van der Waals surface area (Å²) in [6.45, 7) is 7.78. The molecular formula is C12H21N3O3. The van der Waals surface area contributed by atoms with Gasteiger partial charge in [-0.2, -0.15) is 4.98 Å². The van der Waals surface area contributed by atoms with E-state index in [4.69, 9.17) is 14.2 Å². The molecule has 0 saturated heterocycles. The highest BCUT2D eigenvalue weighted by atomic mass is 16.6. The summed E-state index contributed by atoms with van der Waals surface area (Å²) in [5, 5.41) is 3.10. The molecule has 0 saturated carbocycles. The lowest BCUT2D eigenvalue weighted by Gasteiger charge is -2.17. The molecule has 0 aliphatic heterocycles. The molecule has 1 rings (SSSR count). The molecule has 0 radical (unpaired) electrons. The van der Waals surface area contributed by atoms with Gasteiger partial charge in [-0.3, -0.25) is 0 Å². The van der Waals surface area contributed by atoms with Crippen molar-refractivity contribution in [2.75, 3.05) is 32.2 Å². The van der Waals surface area contributed by atoms with Crippen LogP contribution < -0.4 is 14.8 Å². The van der Waals surface area contributed by atoms with Crippen molar-refractivity contribution in [3.8, 4) is 11.6 Å². The highest BCUT2D eigenvalue weighted by molar-refractivity contribution is 5.54. The average Bonchev–Trinajstić information content (AvgIpc) is 2.37. The molecule has 102 valence electrons. The zero-order chi connectivity index (χ0) is 13.4. The molecule has 0 bridgehead atoms. The van der Waals surface area contributed by atoms with Crippen LogP contribution in [0.2, 0.25) is 0 Å². The van der Waals surface area contributed by atoms with E-state index in [9.17, 15) is 0 Å². The molecule has 0 amide bonds. The lowest BCUT2D eigenvalue weighted by atomic mass is 10.4. The minimum absolute atomic E-state index is 0.0942. The Balaban J connectivity index is 2.77. The summed E-state index contributed by atoms with van der Waals surface area (Å²) in [7, 11) is 1.57. The minimum atomic E-state index is -0.0942. The number of hydrogen-bond donors (Lipinski definition) is 1. The Morgan fingerprint density at radius 3 is 2.72 bits per heavy atom. The zero-order valence-electron chi connectivity index (χ0n) is 11.4. The molecule has 1 atom stereocenters. The first-order valence-corrected chi connectivity index (χ1v) is 6.10. The highest BCUT2D eigenvalue weighted by Gasteiger charge is 2.15. The standard InChI is InChI=1S/C12H21N3O3/c1-5-13-11-10(16-4)12(15-8-14-11)18-9(3)7-17-6-2/h8-9H,5-7H2,1-4H3,(H,13,14,15). The summed E-state index contributed by atoms with van der Waals surface area (Å²) in [6, 6.07) is 0. The van der Waals surface area contributed by atoms with Crippen LogP contribution in [0.5, 0.6) is 11.6 Å². The number of anilines is 1. The van der Waals surface area contributed by atoms with Crippen molar-refractivity contribution in [3.05, 3.63) is 6.33 Å². The van der Waals surface area contributed by atoms with Crippen molar-refractivity contribution in [1.29, 1.82) is 0 Å². The predicted molar refractivity (Wildman–Crippen MR) is 69.3 cm³/mol. The maximum atomic E-state index is 5.68.